The Morgan fingerprint density at radius 1 is 1.30 bits per heavy atom. The van der Waals surface area contributed by atoms with Gasteiger partial charge in [-0.05, 0) is 30.5 Å². The van der Waals surface area contributed by atoms with Gasteiger partial charge >= 0.3 is 5.97 Å². The number of hydrogen-bond acceptors (Lipinski definition) is 3. The van der Waals surface area contributed by atoms with Gasteiger partial charge in [0.05, 0.1) is 0 Å². The second-order valence-corrected chi connectivity index (χ2v) is 4.85. The van der Waals surface area contributed by atoms with E-state index in [1.165, 1.54) is 17.0 Å². The minimum atomic E-state index is -1.04. The third-order valence-electron chi connectivity index (χ3n) is 3.28. The number of carboxylic acid groups (broad SMARTS) is 1. The number of hydrogen-bond donors (Lipinski definition) is 1. The zero-order valence-electron chi connectivity index (χ0n) is 11.1. The lowest BCUT2D eigenvalue weighted by Gasteiger charge is -2.21. The minimum Gasteiger partial charge on any atom is -0.479 e. The summed E-state index contributed by atoms with van der Waals surface area (Å²) in [5, 5.41) is 8.83. The van der Waals surface area contributed by atoms with Crippen LogP contribution < -0.4 is 0 Å². The molecule has 1 saturated heterocycles. The van der Waals surface area contributed by atoms with Crippen LogP contribution in [0.15, 0.2) is 24.3 Å². The van der Waals surface area contributed by atoms with Crippen LogP contribution in [0, 0.1) is 5.82 Å². The second kappa shape index (κ2) is 6.00. The van der Waals surface area contributed by atoms with Crippen molar-refractivity contribution >= 4 is 11.9 Å². The number of carboxylic acids is 1. The molecule has 0 radical (unpaired) electrons. The summed E-state index contributed by atoms with van der Waals surface area (Å²) in [5.74, 6) is -1.62. The maximum atomic E-state index is 12.8. The first-order valence-electron chi connectivity index (χ1n) is 6.35. The van der Waals surface area contributed by atoms with Crippen LogP contribution in [-0.4, -0.2) is 41.1 Å². The molecule has 1 aromatic rings. The maximum absolute atomic E-state index is 12.8. The lowest BCUT2D eigenvalue weighted by Crippen LogP contribution is -2.36. The maximum Gasteiger partial charge on any atom is 0.332 e. The molecule has 108 valence electrons. The number of carbonyl (C=O) groups excluding carboxylic acids is 1. The number of carbonyl (C=O) groups is 2. The van der Waals surface area contributed by atoms with E-state index in [1.807, 2.05) is 0 Å². The van der Waals surface area contributed by atoms with Gasteiger partial charge in [-0.2, -0.15) is 0 Å². The van der Waals surface area contributed by atoms with Gasteiger partial charge in [-0.1, -0.05) is 12.1 Å². The van der Waals surface area contributed by atoms with Gasteiger partial charge in [0.25, 0.3) is 5.91 Å². The van der Waals surface area contributed by atoms with Crippen LogP contribution in [0.2, 0.25) is 0 Å². The number of rotatable bonds is 4. The number of likely N-dealkylation sites (N-methyl/N-ethyl adjacent to an activating group) is 1. The van der Waals surface area contributed by atoms with Crippen LogP contribution >= 0.6 is 0 Å². The third kappa shape index (κ3) is 3.33. The minimum absolute atomic E-state index is 0.252. The molecule has 0 unspecified atom stereocenters. The van der Waals surface area contributed by atoms with E-state index in [-0.39, 0.29) is 11.7 Å². The first-order chi connectivity index (χ1) is 9.47. The summed E-state index contributed by atoms with van der Waals surface area (Å²) in [5.41, 5.74) is 0.801. The van der Waals surface area contributed by atoms with Gasteiger partial charge in [-0.3, -0.25) is 4.79 Å². The fraction of sp³-hybridized carbons (Fsp3) is 0.429. The number of aliphatic carboxylic acids is 1. The molecule has 0 aliphatic carbocycles. The van der Waals surface area contributed by atoms with E-state index in [0.717, 1.165) is 5.56 Å². The molecule has 1 N–H and O–H groups in total. The van der Waals surface area contributed by atoms with Gasteiger partial charge in [0.15, 0.2) is 6.10 Å². The van der Waals surface area contributed by atoms with Gasteiger partial charge in [-0.15, -0.1) is 0 Å². The molecule has 1 aliphatic rings. The largest absolute Gasteiger partial charge is 0.479 e. The van der Waals surface area contributed by atoms with E-state index in [1.54, 1.807) is 19.2 Å². The van der Waals surface area contributed by atoms with Gasteiger partial charge in [0.1, 0.15) is 11.9 Å². The van der Waals surface area contributed by atoms with E-state index < -0.39 is 18.2 Å². The summed E-state index contributed by atoms with van der Waals surface area (Å²) in [6, 6.07) is 5.88. The quantitative estimate of drug-likeness (QED) is 0.906. The molecule has 0 aromatic heterocycles. The fourth-order valence-corrected chi connectivity index (χ4v) is 2.19. The van der Waals surface area contributed by atoms with Crippen molar-refractivity contribution in [1.29, 1.82) is 0 Å². The summed E-state index contributed by atoms with van der Waals surface area (Å²) in [6.07, 6.45) is -0.857. The standard InChI is InChI=1S/C14H16FNO4/c1-16(8-9-2-4-10(15)5-3-9)13(17)11-6-7-12(20-11)14(18)19/h2-5,11-12H,6-8H2,1H3,(H,18,19)/t11-,12+/m0/s1. The molecule has 1 aromatic carbocycles. The molecule has 0 saturated carbocycles. The molecule has 1 aliphatic heterocycles. The average Bonchev–Trinajstić information content (AvgIpc) is 2.90. The lowest BCUT2D eigenvalue weighted by atomic mass is 10.1. The highest BCUT2D eigenvalue weighted by molar-refractivity contribution is 5.82. The predicted molar refractivity (Wildman–Crippen MR) is 68.4 cm³/mol. The van der Waals surface area contributed by atoms with Crippen molar-refractivity contribution in [2.45, 2.75) is 31.6 Å². The molecule has 5 nitrogen and oxygen atoms in total. The van der Waals surface area contributed by atoms with Crippen molar-refractivity contribution in [3.05, 3.63) is 35.6 Å². The number of halogens is 1. The van der Waals surface area contributed by atoms with Crippen molar-refractivity contribution in [2.24, 2.45) is 0 Å². The Labute approximate surface area is 116 Å². The Morgan fingerprint density at radius 2 is 1.90 bits per heavy atom. The van der Waals surface area contributed by atoms with Crippen LogP contribution in [0.1, 0.15) is 18.4 Å². The van der Waals surface area contributed by atoms with Crippen LogP contribution in [0.4, 0.5) is 4.39 Å². The van der Waals surface area contributed by atoms with E-state index in [2.05, 4.69) is 0 Å². The predicted octanol–water partition coefficient (Wildman–Crippen LogP) is 1.42. The Kier molecular flexibility index (Phi) is 4.34. The van der Waals surface area contributed by atoms with Crippen LogP contribution in [0.25, 0.3) is 0 Å². The third-order valence-corrected chi connectivity index (χ3v) is 3.28. The molecule has 1 fully saturated rings. The summed E-state index contributed by atoms with van der Waals surface area (Å²) in [6.45, 7) is 0.330. The van der Waals surface area contributed by atoms with Crippen molar-refractivity contribution in [1.82, 2.24) is 4.90 Å². The summed E-state index contributed by atoms with van der Waals surface area (Å²) < 4.78 is 18.0. The van der Waals surface area contributed by atoms with Gasteiger partial charge in [-0.25, -0.2) is 9.18 Å². The average molecular weight is 281 g/mol. The van der Waals surface area contributed by atoms with Crippen LogP contribution in [-0.2, 0) is 20.9 Å². The smallest absolute Gasteiger partial charge is 0.332 e. The Morgan fingerprint density at radius 3 is 2.45 bits per heavy atom. The van der Waals surface area contributed by atoms with Crippen LogP contribution in [0.3, 0.4) is 0 Å². The van der Waals surface area contributed by atoms with E-state index in [0.29, 0.717) is 19.4 Å². The number of nitrogens with zero attached hydrogens (tertiary/aromatic N) is 1. The molecule has 1 amide bonds. The molecular weight excluding hydrogens is 265 g/mol. The molecule has 2 atom stereocenters. The first kappa shape index (κ1) is 14.5. The van der Waals surface area contributed by atoms with Crippen molar-refractivity contribution in [3.63, 3.8) is 0 Å². The first-order valence-corrected chi connectivity index (χ1v) is 6.35. The monoisotopic (exact) mass is 281 g/mol. The van der Waals surface area contributed by atoms with Crippen molar-refractivity contribution < 1.29 is 23.8 Å². The molecule has 6 heteroatoms. The highest BCUT2D eigenvalue weighted by atomic mass is 19.1. The van der Waals surface area contributed by atoms with Gasteiger partial charge in [0.2, 0.25) is 0 Å². The van der Waals surface area contributed by atoms with Gasteiger partial charge in [0, 0.05) is 13.6 Å². The highest BCUT2D eigenvalue weighted by Gasteiger charge is 2.35. The Hall–Kier alpha value is -1.95. The second-order valence-electron chi connectivity index (χ2n) is 4.85. The van der Waals surface area contributed by atoms with Crippen LogP contribution in [0.5, 0.6) is 0 Å². The lowest BCUT2D eigenvalue weighted by molar-refractivity contribution is -0.154. The zero-order chi connectivity index (χ0) is 14.7. The Balaban J connectivity index is 1.92. The molecule has 0 spiro atoms. The fourth-order valence-electron chi connectivity index (χ4n) is 2.19. The zero-order valence-corrected chi connectivity index (χ0v) is 11.1. The SMILES string of the molecule is CN(Cc1ccc(F)cc1)C(=O)[C@@H]1CC[C@H](C(=O)O)O1. The van der Waals surface area contributed by atoms with E-state index in [9.17, 15) is 14.0 Å². The molecule has 2 rings (SSSR count). The molecule has 0 bridgehead atoms. The topological polar surface area (TPSA) is 66.8 Å². The summed E-state index contributed by atoms with van der Waals surface area (Å²) in [4.78, 5) is 24.4. The number of benzene rings is 1. The number of ether oxygens (including phenoxy) is 1. The number of amides is 1. The normalized spacial score (nSPS) is 21.7. The van der Waals surface area contributed by atoms with Gasteiger partial charge < -0.3 is 14.7 Å². The highest BCUT2D eigenvalue weighted by Crippen LogP contribution is 2.22. The summed E-state index contributed by atoms with van der Waals surface area (Å²) >= 11 is 0. The van der Waals surface area contributed by atoms with E-state index in [4.69, 9.17) is 9.84 Å². The van der Waals surface area contributed by atoms with Crippen molar-refractivity contribution in [3.8, 4) is 0 Å². The molecule has 20 heavy (non-hydrogen) atoms. The Bertz CT molecular complexity index is 502. The molecule has 1 heterocycles. The van der Waals surface area contributed by atoms with E-state index >= 15 is 0 Å². The summed E-state index contributed by atoms with van der Waals surface area (Å²) in [7, 11) is 1.61. The molecular formula is C14H16FNO4. The van der Waals surface area contributed by atoms with Crippen molar-refractivity contribution in [2.75, 3.05) is 7.05 Å².